The second kappa shape index (κ2) is 7.58. The fraction of sp³-hybridized carbons (Fsp3) is 0.889. The molecule has 1 aliphatic heterocycles. The molecule has 0 spiro atoms. The third-order valence-corrected chi connectivity index (χ3v) is 5.58. The Kier molecular flexibility index (Phi) is 5.51. The number of aryl methyl sites for hydroxylation is 2. The van der Waals surface area contributed by atoms with Crippen molar-refractivity contribution in [2.75, 3.05) is 6.54 Å². The number of hydrogen-bond acceptors (Lipinski definition) is 3. The van der Waals surface area contributed by atoms with Gasteiger partial charge in [-0.3, -0.25) is 0 Å². The highest BCUT2D eigenvalue weighted by Crippen LogP contribution is 2.31. The largest absolute Gasteiger partial charge is 0.312 e. The van der Waals surface area contributed by atoms with Gasteiger partial charge in [0.1, 0.15) is 5.82 Å². The van der Waals surface area contributed by atoms with E-state index in [1.807, 2.05) is 0 Å². The number of rotatable bonds is 6. The molecule has 1 aliphatic carbocycles. The molecule has 2 aliphatic rings. The molecule has 1 atom stereocenters. The summed E-state index contributed by atoms with van der Waals surface area (Å²) in [6, 6.07) is 0.590. The normalized spacial score (nSPS) is 28.5. The molecule has 1 aromatic rings. The monoisotopic (exact) mass is 304 g/mol. The molecular weight excluding hydrogens is 272 g/mol. The van der Waals surface area contributed by atoms with Crippen LogP contribution >= 0.6 is 0 Å². The van der Waals surface area contributed by atoms with Gasteiger partial charge < -0.3 is 5.32 Å². The molecule has 124 valence electrons. The Morgan fingerprint density at radius 3 is 2.59 bits per heavy atom. The minimum atomic E-state index is 0.590. The molecule has 1 saturated carbocycles. The highest BCUT2D eigenvalue weighted by Gasteiger charge is 2.24. The van der Waals surface area contributed by atoms with Gasteiger partial charge in [0.2, 0.25) is 0 Å². The number of hydrogen-bond donors (Lipinski definition) is 1. The van der Waals surface area contributed by atoms with Crippen molar-refractivity contribution < 1.29 is 0 Å². The molecule has 1 fully saturated rings. The van der Waals surface area contributed by atoms with Crippen LogP contribution < -0.4 is 5.32 Å². The summed E-state index contributed by atoms with van der Waals surface area (Å²) in [5.74, 6) is 4.11. The first kappa shape index (κ1) is 16.0. The average Bonchev–Trinajstić information content (AvgIpc) is 2.97. The van der Waals surface area contributed by atoms with Gasteiger partial charge >= 0.3 is 0 Å². The Balaban J connectivity index is 1.41. The van der Waals surface area contributed by atoms with E-state index in [1.165, 1.54) is 57.3 Å². The SMILES string of the molecule is CCCC1CCC(CN[C@H]2CCc3nc(CC)nn3C2)CC1. The molecule has 0 aromatic carbocycles. The highest BCUT2D eigenvalue weighted by atomic mass is 15.4. The van der Waals surface area contributed by atoms with E-state index in [-0.39, 0.29) is 0 Å². The number of nitrogens with zero attached hydrogens (tertiary/aromatic N) is 3. The van der Waals surface area contributed by atoms with E-state index < -0.39 is 0 Å². The maximum absolute atomic E-state index is 4.61. The average molecular weight is 304 g/mol. The lowest BCUT2D eigenvalue weighted by molar-refractivity contribution is 0.241. The van der Waals surface area contributed by atoms with Gasteiger partial charge in [-0.15, -0.1) is 0 Å². The molecule has 0 amide bonds. The van der Waals surface area contributed by atoms with E-state index in [1.54, 1.807) is 0 Å². The molecule has 0 bridgehead atoms. The molecule has 4 nitrogen and oxygen atoms in total. The zero-order valence-electron chi connectivity index (χ0n) is 14.4. The summed E-state index contributed by atoms with van der Waals surface area (Å²) in [5, 5.41) is 8.43. The Bertz CT molecular complexity index is 460. The fourth-order valence-electron chi connectivity index (χ4n) is 4.14. The minimum Gasteiger partial charge on any atom is -0.312 e. The van der Waals surface area contributed by atoms with Crippen LogP contribution in [0.4, 0.5) is 0 Å². The second-order valence-electron chi connectivity index (χ2n) is 7.30. The van der Waals surface area contributed by atoms with Crippen LogP contribution in [0.25, 0.3) is 0 Å². The van der Waals surface area contributed by atoms with Gasteiger partial charge in [0.25, 0.3) is 0 Å². The van der Waals surface area contributed by atoms with Gasteiger partial charge in [-0.25, -0.2) is 9.67 Å². The molecule has 1 aromatic heterocycles. The third kappa shape index (κ3) is 3.89. The van der Waals surface area contributed by atoms with Gasteiger partial charge in [-0.05, 0) is 37.6 Å². The van der Waals surface area contributed by atoms with Crippen LogP contribution in [0.3, 0.4) is 0 Å². The summed E-state index contributed by atoms with van der Waals surface area (Å²) in [6.45, 7) is 6.66. The Morgan fingerprint density at radius 1 is 1.09 bits per heavy atom. The zero-order chi connectivity index (χ0) is 15.4. The molecule has 1 N–H and O–H groups in total. The van der Waals surface area contributed by atoms with Crippen LogP contribution in [-0.4, -0.2) is 27.4 Å². The predicted octanol–water partition coefficient (Wildman–Crippen LogP) is 3.35. The van der Waals surface area contributed by atoms with Gasteiger partial charge in [0.05, 0.1) is 6.54 Å². The van der Waals surface area contributed by atoms with Crippen molar-refractivity contribution in [3.63, 3.8) is 0 Å². The van der Waals surface area contributed by atoms with Gasteiger partial charge in [0, 0.05) is 18.9 Å². The first-order chi connectivity index (χ1) is 10.8. The number of nitrogens with one attached hydrogen (secondary N) is 1. The lowest BCUT2D eigenvalue weighted by Crippen LogP contribution is -2.40. The van der Waals surface area contributed by atoms with Crippen molar-refractivity contribution in [2.45, 2.75) is 84.2 Å². The van der Waals surface area contributed by atoms with Crippen LogP contribution in [0.5, 0.6) is 0 Å². The van der Waals surface area contributed by atoms with Crippen molar-refractivity contribution >= 4 is 0 Å². The number of fused-ring (bicyclic) bond motifs is 1. The molecule has 2 heterocycles. The van der Waals surface area contributed by atoms with E-state index in [2.05, 4.69) is 33.9 Å². The van der Waals surface area contributed by atoms with E-state index in [0.29, 0.717) is 6.04 Å². The summed E-state index contributed by atoms with van der Waals surface area (Å²) in [5.41, 5.74) is 0. The van der Waals surface area contributed by atoms with Crippen LogP contribution in [0.1, 0.15) is 70.4 Å². The fourth-order valence-corrected chi connectivity index (χ4v) is 4.14. The first-order valence-electron chi connectivity index (χ1n) is 9.44. The van der Waals surface area contributed by atoms with Crippen molar-refractivity contribution in [3.8, 4) is 0 Å². The predicted molar refractivity (Wildman–Crippen MR) is 89.9 cm³/mol. The Labute approximate surface area is 135 Å². The van der Waals surface area contributed by atoms with Crippen LogP contribution in [-0.2, 0) is 19.4 Å². The molecule has 3 rings (SSSR count). The van der Waals surface area contributed by atoms with Gasteiger partial charge in [-0.2, -0.15) is 5.10 Å². The van der Waals surface area contributed by atoms with E-state index in [0.717, 1.165) is 37.0 Å². The quantitative estimate of drug-likeness (QED) is 0.876. The Morgan fingerprint density at radius 2 is 1.86 bits per heavy atom. The lowest BCUT2D eigenvalue weighted by atomic mass is 9.80. The van der Waals surface area contributed by atoms with Crippen LogP contribution in [0, 0.1) is 11.8 Å². The van der Waals surface area contributed by atoms with Gasteiger partial charge in [0.15, 0.2) is 5.82 Å². The Hall–Kier alpha value is -0.900. The van der Waals surface area contributed by atoms with Crippen molar-refractivity contribution in [1.29, 1.82) is 0 Å². The smallest absolute Gasteiger partial charge is 0.150 e. The number of aromatic nitrogens is 3. The topological polar surface area (TPSA) is 42.7 Å². The summed E-state index contributed by atoms with van der Waals surface area (Å²) < 4.78 is 2.14. The second-order valence-corrected chi connectivity index (χ2v) is 7.30. The third-order valence-electron chi connectivity index (χ3n) is 5.58. The van der Waals surface area contributed by atoms with Crippen molar-refractivity contribution in [2.24, 2.45) is 11.8 Å². The maximum atomic E-state index is 4.61. The zero-order valence-corrected chi connectivity index (χ0v) is 14.4. The van der Waals surface area contributed by atoms with E-state index in [4.69, 9.17) is 0 Å². The minimum absolute atomic E-state index is 0.590. The van der Waals surface area contributed by atoms with E-state index >= 15 is 0 Å². The molecule has 4 heteroatoms. The van der Waals surface area contributed by atoms with Crippen molar-refractivity contribution in [1.82, 2.24) is 20.1 Å². The summed E-state index contributed by atoms with van der Waals surface area (Å²) in [6.07, 6.45) is 11.8. The van der Waals surface area contributed by atoms with E-state index in [9.17, 15) is 0 Å². The maximum Gasteiger partial charge on any atom is 0.150 e. The standard InChI is InChI=1S/C18H32N4/c1-3-5-14-6-8-15(9-7-14)12-19-16-10-11-18-20-17(4-2)21-22(18)13-16/h14-16,19H,3-13H2,1-2H3/t14?,15?,16-/m0/s1. The van der Waals surface area contributed by atoms with Gasteiger partial charge in [-0.1, -0.05) is 39.5 Å². The summed E-state index contributed by atoms with van der Waals surface area (Å²) in [7, 11) is 0. The molecular formula is C18H32N4. The lowest BCUT2D eigenvalue weighted by Gasteiger charge is -2.31. The molecule has 22 heavy (non-hydrogen) atoms. The summed E-state index contributed by atoms with van der Waals surface area (Å²) >= 11 is 0. The first-order valence-corrected chi connectivity index (χ1v) is 9.44. The molecule has 0 saturated heterocycles. The molecule has 0 radical (unpaired) electrons. The highest BCUT2D eigenvalue weighted by molar-refractivity contribution is 4.98. The van der Waals surface area contributed by atoms with Crippen LogP contribution in [0.2, 0.25) is 0 Å². The summed E-state index contributed by atoms with van der Waals surface area (Å²) in [4.78, 5) is 4.60. The van der Waals surface area contributed by atoms with Crippen molar-refractivity contribution in [3.05, 3.63) is 11.6 Å². The van der Waals surface area contributed by atoms with Crippen LogP contribution in [0.15, 0.2) is 0 Å². The molecule has 0 unspecified atom stereocenters.